The summed E-state index contributed by atoms with van der Waals surface area (Å²) < 4.78 is 32.0. The summed E-state index contributed by atoms with van der Waals surface area (Å²) in [5.41, 5.74) is 0.0607. The molecule has 0 saturated heterocycles. The van der Waals surface area contributed by atoms with Crippen molar-refractivity contribution in [2.24, 2.45) is 5.41 Å². The zero-order valence-electron chi connectivity index (χ0n) is 16.8. The molecule has 0 saturated carbocycles. The van der Waals surface area contributed by atoms with Crippen LogP contribution in [0.15, 0.2) is 53.4 Å². The van der Waals surface area contributed by atoms with Gasteiger partial charge in [-0.15, -0.1) is 0 Å². The van der Waals surface area contributed by atoms with Crippen LogP contribution in [0.3, 0.4) is 0 Å². The number of ketones is 1. The minimum Gasteiger partial charge on any atom is -0.454 e. The monoisotopic (exact) mass is 437 g/mol. The number of ether oxygens (including phenoxy) is 1. The summed E-state index contributed by atoms with van der Waals surface area (Å²) >= 11 is 6.06. The van der Waals surface area contributed by atoms with E-state index in [-0.39, 0.29) is 27.8 Å². The van der Waals surface area contributed by atoms with Crippen LogP contribution in [0, 0.1) is 5.41 Å². The molecule has 2 aromatic rings. The van der Waals surface area contributed by atoms with Gasteiger partial charge in [-0.1, -0.05) is 62.7 Å². The van der Waals surface area contributed by atoms with Gasteiger partial charge < -0.3 is 4.74 Å². The van der Waals surface area contributed by atoms with Gasteiger partial charge in [0.2, 0.25) is 10.0 Å². The predicted molar refractivity (Wildman–Crippen MR) is 111 cm³/mol. The molecule has 0 spiro atoms. The molecule has 0 amide bonds. The number of rotatable bonds is 7. The zero-order chi connectivity index (χ0) is 21.8. The maximum absolute atomic E-state index is 12.9. The lowest BCUT2D eigenvalue weighted by Crippen LogP contribution is -2.27. The number of carbonyl (C=O) groups is 2. The molecule has 0 aliphatic rings. The van der Waals surface area contributed by atoms with Gasteiger partial charge in [0, 0.05) is 19.0 Å². The van der Waals surface area contributed by atoms with Gasteiger partial charge in [0.05, 0.1) is 15.5 Å². The molecule has 0 atom stereocenters. The summed E-state index contributed by atoms with van der Waals surface area (Å²) in [5, 5.41) is 0.0443. The second-order valence-electron chi connectivity index (χ2n) is 7.64. The molecule has 156 valence electrons. The van der Waals surface area contributed by atoms with E-state index in [9.17, 15) is 18.0 Å². The lowest BCUT2D eigenvalue weighted by molar-refractivity contribution is -0.129. The van der Waals surface area contributed by atoms with Crippen molar-refractivity contribution in [3.8, 4) is 0 Å². The van der Waals surface area contributed by atoms with E-state index in [4.69, 9.17) is 16.3 Å². The first-order valence-corrected chi connectivity index (χ1v) is 10.7. The summed E-state index contributed by atoms with van der Waals surface area (Å²) in [6.45, 7) is 4.90. The van der Waals surface area contributed by atoms with Crippen LogP contribution in [0.2, 0.25) is 5.02 Å². The maximum Gasteiger partial charge on any atom is 0.340 e. The van der Waals surface area contributed by atoms with Crippen molar-refractivity contribution < 1.29 is 22.7 Å². The number of halogens is 1. The fraction of sp³-hybridized carbons (Fsp3) is 0.333. The van der Waals surface area contributed by atoms with Crippen LogP contribution in [0.4, 0.5) is 0 Å². The molecular formula is C21H24ClNO5S. The first kappa shape index (κ1) is 23.1. The van der Waals surface area contributed by atoms with Crippen LogP contribution >= 0.6 is 11.6 Å². The highest BCUT2D eigenvalue weighted by Gasteiger charge is 2.26. The number of esters is 1. The second kappa shape index (κ2) is 9.07. The van der Waals surface area contributed by atoms with Crippen molar-refractivity contribution in [3.05, 3.63) is 64.7 Å². The topological polar surface area (TPSA) is 80.8 Å². The van der Waals surface area contributed by atoms with E-state index in [1.165, 1.54) is 29.6 Å². The SMILES string of the molecule is CN(Cc1ccccc1)S(=O)(=O)c1ccc(Cl)c(C(=O)OCC(=O)C(C)(C)C)c1. The Balaban J connectivity index is 2.22. The van der Waals surface area contributed by atoms with E-state index in [0.29, 0.717) is 0 Å². The Morgan fingerprint density at radius 1 is 1.07 bits per heavy atom. The van der Waals surface area contributed by atoms with Gasteiger partial charge >= 0.3 is 5.97 Å². The zero-order valence-corrected chi connectivity index (χ0v) is 18.4. The molecule has 0 aliphatic carbocycles. The number of Topliss-reactive ketones (excluding diaryl/α,β-unsaturated/α-hetero) is 1. The molecule has 0 fully saturated rings. The summed E-state index contributed by atoms with van der Waals surface area (Å²) in [6, 6.07) is 13.0. The third-order valence-corrected chi connectivity index (χ3v) is 6.41. The standard InChI is InChI=1S/C21H24ClNO5S/c1-21(2,3)19(24)14-28-20(25)17-12-16(10-11-18(17)22)29(26,27)23(4)13-15-8-6-5-7-9-15/h5-12H,13-14H2,1-4H3. The molecule has 2 aromatic carbocycles. The van der Waals surface area contributed by atoms with Crippen LogP contribution < -0.4 is 0 Å². The highest BCUT2D eigenvalue weighted by atomic mass is 35.5. The van der Waals surface area contributed by atoms with Crippen LogP contribution in [-0.2, 0) is 26.1 Å². The van der Waals surface area contributed by atoms with Gasteiger partial charge in [0.15, 0.2) is 12.4 Å². The summed E-state index contributed by atoms with van der Waals surface area (Å²) in [7, 11) is -2.41. The van der Waals surface area contributed by atoms with Gasteiger partial charge in [-0.25, -0.2) is 13.2 Å². The van der Waals surface area contributed by atoms with E-state index < -0.39 is 28.0 Å². The Bertz CT molecular complexity index is 997. The molecule has 29 heavy (non-hydrogen) atoms. The highest BCUT2D eigenvalue weighted by Crippen LogP contribution is 2.24. The number of hydrogen-bond donors (Lipinski definition) is 0. The molecule has 2 rings (SSSR count). The molecule has 0 unspecified atom stereocenters. The van der Waals surface area contributed by atoms with Gasteiger partial charge in [-0.2, -0.15) is 4.31 Å². The van der Waals surface area contributed by atoms with Crippen LogP contribution in [0.1, 0.15) is 36.7 Å². The lowest BCUT2D eigenvalue weighted by Gasteiger charge is -2.18. The lowest BCUT2D eigenvalue weighted by atomic mass is 9.91. The van der Waals surface area contributed by atoms with Crippen molar-refractivity contribution in [1.29, 1.82) is 0 Å². The Hall–Kier alpha value is -2.22. The number of benzene rings is 2. The Morgan fingerprint density at radius 2 is 1.69 bits per heavy atom. The normalized spacial score (nSPS) is 12.1. The summed E-state index contributed by atoms with van der Waals surface area (Å²) in [6.07, 6.45) is 0. The van der Waals surface area contributed by atoms with Gasteiger partial charge in [-0.3, -0.25) is 4.79 Å². The molecule has 0 aliphatic heterocycles. The Kier molecular flexibility index (Phi) is 7.21. The molecule has 0 radical (unpaired) electrons. The van der Waals surface area contributed by atoms with Crippen molar-refractivity contribution in [2.45, 2.75) is 32.2 Å². The second-order valence-corrected chi connectivity index (χ2v) is 10.1. The average Bonchev–Trinajstić information content (AvgIpc) is 2.66. The van der Waals surface area contributed by atoms with Crippen molar-refractivity contribution in [2.75, 3.05) is 13.7 Å². The predicted octanol–water partition coefficient (Wildman–Crippen LogP) is 3.93. The largest absolute Gasteiger partial charge is 0.454 e. The molecule has 8 heteroatoms. The van der Waals surface area contributed by atoms with E-state index in [0.717, 1.165) is 5.56 Å². The van der Waals surface area contributed by atoms with Crippen LogP contribution in [0.5, 0.6) is 0 Å². The fourth-order valence-corrected chi connectivity index (χ4v) is 3.73. The molecular weight excluding hydrogens is 414 g/mol. The van der Waals surface area contributed by atoms with E-state index >= 15 is 0 Å². The minimum absolute atomic E-state index is 0.0443. The maximum atomic E-state index is 12.9. The first-order chi connectivity index (χ1) is 13.4. The molecule has 0 heterocycles. The quantitative estimate of drug-likeness (QED) is 0.613. The Morgan fingerprint density at radius 3 is 2.28 bits per heavy atom. The fourth-order valence-electron chi connectivity index (χ4n) is 2.35. The summed E-state index contributed by atoms with van der Waals surface area (Å²) in [5.74, 6) is -1.11. The third-order valence-electron chi connectivity index (χ3n) is 4.28. The highest BCUT2D eigenvalue weighted by molar-refractivity contribution is 7.89. The van der Waals surface area contributed by atoms with Gasteiger partial charge in [0.1, 0.15) is 0 Å². The average molecular weight is 438 g/mol. The van der Waals surface area contributed by atoms with E-state index in [1.54, 1.807) is 20.8 Å². The molecule has 0 bridgehead atoms. The van der Waals surface area contributed by atoms with E-state index in [2.05, 4.69) is 0 Å². The van der Waals surface area contributed by atoms with Crippen molar-refractivity contribution in [1.82, 2.24) is 4.31 Å². The van der Waals surface area contributed by atoms with E-state index in [1.807, 2.05) is 30.3 Å². The van der Waals surface area contributed by atoms with Gasteiger partial charge in [0.25, 0.3) is 0 Å². The molecule has 0 aromatic heterocycles. The Labute approximate surface area is 176 Å². The minimum atomic E-state index is -3.86. The third kappa shape index (κ3) is 5.88. The number of sulfonamides is 1. The first-order valence-electron chi connectivity index (χ1n) is 8.93. The van der Waals surface area contributed by atoms with Crippen LogP contribution in [-0.4, -0.2) is 38.1 Å². The van der Waals surface area contributed by atoms with Crippen molar-refractivity contribution >= 4 is 33.4 Å². The summed E-state index contributed by atoms with van der Waals surface area (Å²) in [4.78, 5) is 24.2. The smallest absolute Gasteiger partial charge is 0.340 e. The number of nitrogens with zero attached hydrogens (tertiary/aromatic N) is 1. The molecule has 0 N–H and O–H groups in total. The van der Waals surface area contributed by atoms with Crippen LogP contribution in [0.25, 0.3) is 0 Å². The number of carbonyl (C=O) groups excluding carboxylic acids is 2. The van der Waals surface area contributed by atoms with Crippen molar-refractivity contribution in [3.63, 3.8) is 0 Å². The number of hydrogen-bond acceptors (Lipinski definition) is 5. The van der Waals surface area contributed by atoms with Gasteiger partial charge in [-0.05, 0) is 23.8 Å². The molecule has 6 nitrogen and oxygen atoms in total.